The van der Waals surface area contributed by atoms with Crippen molar-refractivity contribution in [3.05, 3.63) is 23.8 Å². The standard InChI is InChI=1S/C6H3FN2O/c7-4-1-6(10)5(2-8)9-3-4/h1,3,10H. The van der Waals surface area contributed by atoms with Crippen LogP contribution in [0.25, 0.3) is 0 Å². The van der Waals surface area contributed by atoms with Gasteiger partial charge in [-0.05, 0) is 0 Å². The maximum Gasteiger partial charge on any atom is 0.182 e. The van der Waals surface area contributed by atoms with Crippen molar-refractivity contribution in [3.8, 4) is 11.8 Å². The van der Waals surface area contributed by atoms with Crippen molar-refractivity contribution in [2.45, 2.75) is 0 Å². The molecule has 0 amide bonds. The van der Waals surface area contributed by atoms with Crippen LogP contribution in [0.2, 0.25) is 0 Å². The first kappa shape index (κ1) is 6.49. The summed E-state index contributed by atoms with van der Waals surface area (Å²) >= 11 is 0. The molecule has 1 aromatic rings. The van der Waals surface area contributed by atoms with Gasteiger partial charge in [0.1, 0.15) is 11.9 Å². The zero-order valence-corrected chi connectivity index (χ0v) is 4.87. The van der Waals surface area contributed by atoms with Crippen LogP contribution in [-0.2, 0) is 0 Å². The molecular formula is C6H3FN2O. The van der Waals surface area contributed by atoms with Crippen LogP contribution in [0, 0.1) is 17.1 Å². The normalized spacial score (nSPS) is 8.80. The molecule has 0 aliphatic heterocycles. The summed E-state index contributed by atoms with van der Waals surface area (Å²) in [5, 5.41) is 17.0. The Bertz CT molecular complexity index is 292. The predicted octanol–water partition coefficient (Wildman–Crippen LogP) is 0.798. The van der Waals surface area contributed by atoms with Gasteiger partial charge < -0.3 is 5.11 Å². The molecule has 0 aliphatic rings. The van der Waals surface area contributed by atoms with E-state index in [4.69, 9.17) is 10.4 Å². The van der Waals surface area contributed by atoms with Gasteiger partial charge in [0.15, 0.2) is 11.4 Å². The van der Waals surface area contributed by atoms with Crippen LogP contribution in [0.5, 0.6) is 5.75 Å². The van der Waals surface area contributed by atoms with E-state index in [1.54, 1.807) is 6.07 Å². The lowest BCUT2D eigenvalue weighted by Gasteiger charge is -1.91. The first-order valence-electron chi connectivity index (χ1n) is 2.48. The predicted molar refractivity (Wildman–Crippen MR) is 30.6 cm³/mol. The lowest BCUT2D eigenvalue weighted by Crippen LogP contribution is -1.84. The topological polar surface area (TPSA) is 56.9 Å². The molecule has 3 nitrogen and oxygen atoms in total. The maximum absolute atomic E-state index is 12.2. The summed E-state index contributed by atoms with van der Waals surface area (Å²) in [6.07, 6.45) is 0.873. The van der Waals surface area contributed by atoms with E-state index in [1.165, 1.54) is 0 Å². The third-order valence-electron chi connectivity index (χ3n) is 0.940. The fourth-order valence-electron chi connectivity index (χ4n) is 0.515. The molecule has 1 rings (SSSR count). The average molecular weight is 138 g/mol. The van der Waals surface area contributed by atoms with Gasteiger partial charge in [-0.25, -0.2) is 9.37 Å². The Morgan fingerprint density at radius 1 is 1.70 bits per heavy atom. The third-order valence-corrected chi connectivity index (χ3v) is 0.940. The van der Waals surface area contributed by atoms with Gasteiger partial charge >= 0.3 is 0 Å². The zero-order chi connectivity index (χ0) is 7.56. The number of nitriles is 1. The van der Waals surface area contributed by atoms with Gasteiger partial charge in [0, 0.05) is 6.07 Å². The van der Waals surface area contributed by atoms with E-state index in [1.807, 2.05) is 0 Å². The van der Waals surface area contributed by atoms with Gasteiger partial charge in [-0.3, -0.25) is 0 Å². The first-order valence-corrected chi connectivity index (χ1v) is 2.48. The van der Waals surface area contributed by atoms with Crippen LogP contribution in [-0.4, -0.2) is 10.1 Å². The summed E-state index contributed by atoms with van der Waals surface area (Å²) in [7, 11) is 0. The largest absolute Gasteiger partial charge is 0.505 e. The van der Waals surface area contributed by atoms with Gasteiger partial charge in [-0.1, -0.05) is 0 Å². The number of hydrogen-bond acceptors (Lipinski definition) is 3. The number of pyridine rings is 1. The fraction of sp³-hybridized carbons (Fsp3) is 0. The third kappa shape index (κ3) is 1.03. The average Bonchev–Trinajstić information content (AvgIpc) is 1.88. The fourth-order valence-corrected chi connectivity index (χ4v) is 0.515. The van der Waals surface area contributed by atoms with Crippen LogP contribution in [0.3, 0.4) is 0 Å². The zero-order valence-electron chi connectivity index (χ0n) is 4.87. The van der Waals surface area contributed by atoms with Gasteiger partial charge in [-0.15, -0.1) is 0 Å². The highest BCUT2D eigenvalue weighted by Gasteiger charge is 2.00. The minimum absolute atomic E-state index is 0.165. The van der Waals surface area contributed by atoms with Crippen molar-refractivity contribution >= 4 is 0 Å². The Morgan fingerprint density at radius 3 is 2.90 bits per heavy atom. The summed E-state index contributed by atoms with van der Waals surface area (Å²) in [6, 6.07) is 2.43. The van der Waals surface area contributed by atoms with E-state index in [9.17, 15) is 4.39 Å². The number of rotatable bonds is 0. The Hall–Kier alpha value is -1.63. The molecule has 1 aromatic heterocycles. The van der Waals surface area contributed by atoms with E-state index in [-0.39, 0.29) is 5.69 Å². The van der Waals surface area contributed by atoms with Crippen molar-refractivity contribution in [2.75, 3.05) is 0 Å². The molecule has 0 aliphatic carbocycles. The molecule has 10 heavy (non-hydrogen) atoms. The second-order valence-corrected chi connectivity index (χ2v) is 1.63. The smallest absolute Gasteiger partial charge is 0.182 e. The minimum Gasteiger partial charge on any atom is -0.505 e. The van der Waals surface area contributed by atoms with E-state index >= 15 is 0 Å². The van der Waals surface area contributed by atoms with E-state index < -0.39 is 11.6 Å². The van der Waals surface area contributed by atoms with Crippen molar-refractivity contribution in [2.24, 2.45) is 0 Å². The minimum atomic E-state index is -0.656. The highest BCUT2D eigenvalue weighted by Crippen LogP contribution is 2.12. The van der Waals surface area contributed by atoms with Crippen molar-refractivity contribution in [3.63, 3.8) is 0 Å². The monoisotopic (exact) mass is 138 g/mol. The number of aromatic hydroxyl groups is 1. The second-order valence-electron chi connectivity index (χ2n) is 1.63. The van der Waals surface area contributed by atoms with E-state index in [0.717, 1.165) is 12.3 Å². The summed E-state index contributed by atoms with van der Waals surface area (Å²) in [4.78, 5) is 3.31. The molecule has 1 N–H and O–H groups in total. The van der Waals surface area contributed by atoms with Crippen LogP contribution in [0.15, 0.2) is 12.3 Å². The molecule has 0 saturated carbocycles. The SMILES string of the molecule is N#Cc1ncc(F)cc1O. The summed E-state index contributed by atoms with van der Waals surface area (Å²) in [6.45, 7) is 0. The number of aromatic nitrogens is 1. The summed E-state index contributed by atoms with van der Waals surface area (Å²) < 4.78 is 12.2. The molecule has 0 spiro atoms. The lowest BCUT2D eigenvalue weighted by molar-refractivity contribution is 0.463. The summed E-state index contributed by atoms with van der Waals surface area (Å²) in [5.41, 5.74) is -0.165. The Balaban J connectivity index is 3.23. The Morgan fingerprint density at radius 2 is 2.40 bits per heavy atom. The lowest BCUT2D eigenvalue weighted by atomic mass is 10.3. The molecule has 0 atom stereocenters. The van der Waals surface area contributed by atoms with E-state index in [0.29, 0.717) is 0 Å². The molecule has 1 heterocycles. The van der Waals surface area contributed by atoms with Crippen molar-refractivity contribution in [1.29, 1.82) is 5.26 Å². The first-order chi connectivity index (χ1) is 4.74. The van der Waals surface area contributed by atoms with Crippen molar-refractivity contribution in [1.82, 2.24) is 4.98 Å². The number of nitrogens with zero attached hydrogens (tertiary/aromatic N) is 2. The van der Waals surface area contributed by atoms with Crippen LogP contribution in [0.4, 0.5) is 4.39 Å². The summed E-state index contributed by atoms with van der Waals surface area (Å²) in [5.74, 6) is -1.08. The second kappa shape index (κ2) is 2.31. The van der Waals surface area contributed by atoms with Crippen molar-refractivity contribution < 1.29 is 9.50 Å². The molecular weight excluding hydrogens is 135 g/mol. The van der Waals surface area contributed by atoms with Gasteiger partial charge in [0.05, 0.1) is 6.20 Å². The maximum atomic E-state index is 12.2. The number of hydrogen-bond donors (Lipinski definition) is 1. The van der Waals surface area contributed by atoms with E-state index in [2.05, 4.69) is 4.98 Å². The molecule has 0 radical (unpaired) electrons. The molecule has 4 heteroatoms. The quantitative estimate of drug-likeness (QED) is 0.576. The Kier molecular flexibility index (Phi) is 1.50. The molecule has 0 unspecified atom stereocenters. The van der Waals surface area contributed by atoms with Gasteiger partial charge in [-0.2, -0.15) is 5.26 Å². The van der Waals surface area contributed by atoms with Gasteiger partial charge in [0.2, 0.25) is 0 Å². The molecule has 0 saturated heterocycles. The molecule has 50 valence electrons. The highest BCUT2D eigenvalue weighted by molar-refractivity contribution is 5.35. The van der Waals surface area contributed by atoms with Gasteiger partial charge in [0.25, 0.3) is 0 Å². The van der Waals surface area contributed by atoms with Crippen LogP contribution >= 0.6 is 0 Å². The number of halogens is 1. The molecule has 0 fully saturated rings. The van der Waals surface area contributed by atoms with Crippen LogP contribution in [0.1, 0.15) is 5.69 Å². The highest BCUT2D eigenvalue weighted by atomic mass is 19.1. The molecule has 0 bridgehead atoms. The molecule has 0 aromatic carbocycles. The van der Waals surface area contributed by atoms with Crippen LogP contribution < -0.4 is 0 Å². The Labute approximate surface area is 56.4 Å².